The predicted octanol–water partition coefficient (Wildman–Crippen LogP) is 2.79. The smallest absolute Gasteiger partial charge is 0.267 e. The molecule has 2 N–H and O–H groups in total. The van der Waals surface area contributed by atoms with Crippen LogP contribution in [-0.4, -0.2) is 61.3 Å². The molecule has 1 aliphatic rings. The van der Waals surface area contributed by atoms with Crippen LogP contribution in [0, 0.1) is 0 Å². The van der Waals surface area contributed by atoms with Gasteiger partial charge in [0.1, 0.15) is 0 Å². The average molecular weight is 482 g/mol. The first-order valence-corrected chi connectivity index (χ1v) is 12.4. The summed E-state index contributed by atoms with van der Waals surface area (Å²) < 4.78 is 32.4. The minimum absolute atomic E-state index is 0.164. The fourth-order valence-electron chi connectivity index (χ4n) is 3.77. The number of nitrogens with one attached hydrogen (secondary N) is 1. The van der Waals surface area contributed by atoms with E-state index in [-0.39, 0.29) is 4.90 Å². The molecule has 3 aromatic rings. The Labute approximate surface area is 199 Å². The van der Waals surface area contributed by atoms with E-state index in [1.807, 2.05) is 0 Å². The molecule has 2 heterocycles. The molecule has 0 radical (unpaired) electrons. The van der Waals surface area contributed by atoms with Gasteiger partial charge < -0.3 is 4.74 Å². The molecule has 0 atom stereocenters. The maximum atomic E-state index is 12.9. The number of aromatic nitrogens is 1. The van der Waals surface area contributed by atoms with Gasteiger partial charge in [-0.2, -0.15) is 0 Å². The number of rotatable bonds is 8. The number of carbonyl (C=O) groups is 1. The Hall–Kier alpha value is -3.24. The fourth-order valence-corrected chi connectivity index (χ4v) is 4.97. The second kappa shape index (κ2) is 10.8. The van der Waals surface area contributed by atoms with Crippen molar-refractivity contribution >= 4 is 22.0 Å². The second-order valence-electron chi connectivity index (χ2n) is 8.01. The van der Waals surface area contributed by atoms with E-state index in [9.17, 15) is 13.2 Å². The molecule has 4 rings (SSSR count). The molecule has 34 heavy (non-hydrogen) atoms. The lowest BCUT2D eigenvalue weighted by atomic mass is 10.0. The Morgan fingerprint density at radius 2 is 1.65 bits per heavy atom. The number of amides is 1. The quantitative estimate of drug-likeness (QED) is 0.292. The van der Waals surface area contributed by atoms with Crippen molar-refractivity contribution in [2.24, 2.45) is 0 Å². The van der Waals surface area contributed by atoms with Gasteiger partial charge in [-0.3, -0.25) is 14.9 Å². The fraction of sp³-hybridized carbons (Fsp3) is 0.240. The molecule has 1 fully saturated rings. The molecule has 1 amide bonds. The lowest BCUT2D eigenvalue weighted by Crippen LogP contribution is -2.37. The maximum absolute atomic E-state index is 12.9. The lowest BCUT2D eigenvalue weighted by molar-refractivity contribution is -0.124. The molecule has 0 unspecified atom stereocenters. The normalized spacial score (nSPS) is 15.0. The summed E-state index contributed by atoms with van der Waals surface area (Å²) in [5.74, 6) is -0.698. The SMILES string of the molecule is O=C(C=Cc1ccn(S(=O)(=O)c2ccc(-c3ccc(CCN4CCOCC4)cc3)cc2)c1)NO. The van der Waals surface area contributed by atoms with Crippen molar-refractivity contribution in [3.05, 3.63) is 84.2 Å². The van der Waals surface area contributed by atoms with Crippen molar-refractivity contribution in [1.29, 1.82) is 0 Å². The Bertz CT molecular complexity index is 1240. The van der Waals surface area contributed by atoms with Crippen LogP contribution in [0.25, 0.3) is 17.2 Å². The largest absolute Gasteiger partial charge is 0.379 e. The molecule has 2 aromatic carbocycles. The highest BCUT2D eigenvalue weighted by Crippen LogP contribution is 2.23. The molecule has 0 aliphatic carbocycles. The molecular weight excluding hydrogens is 454 g/mol. The molecule has 1 aliphatic heterocycles. The molecule has 1 aromatic heterocycles. The van der Waals surface area contributed by atoms with Gasteiger partial charge in [0.25, 0.3) is 15.9 Å². The van der Waals surface area contributed by atoms with Gasteiger partial charge in [-0.25, -0.2) is 17.9 Å². The summed E-state index contributed by atoms with van der Waals surface area (Å²) in [5.41, 5.74) is 5.22. The van der Waals surface area contributed by atoms with Crippen molar-refractivity contribution in [1.82, 2.24) is 14.4 Å². The summed E-state index contributed by atoms with van der Waals surface area (Å²) >= 11 is 0. The average Bonchev–Trinajstić information content (AvgIpc) is 3.37. The molecule has 178 valence electrons. The van der Waals surface area contributed by atoms with E-state index in [0.29, 0.717) is 5.56 Å². The van der Waals surface area contributed by atoms with E-state index in [1.54, 1.807) is 30.3 Å². The van der Waals surface area contributed by atoms with E-state index in [1.165, 1.54) is 29.5 Å². The van der Waals surface area contributed by atoms with E-state index in [4.69, 9.17) is 9.94 Å². The van der Waals surface area contributed by atoms with Crippen LogP contribution in [0.4, 0.5) is 0 Å². The Morgan fingerprint density at radius 3 is 2.29 bits per heavy atom. The van der Waals surface area contributed by atoms with Crippen LogP contribution in [0.1, 0.15) is 11.1 Å². The van der Waals surface area contributed by atoms with E-state index in [0.717, 1.165) is 60.4 Å². The van der Waals surface area contributed by atoms with Gasteiger partial charge in [-0.05, 0) is 52.9 Å². The minimum Gasteiger partial charge on any atom is -0.379 e. The van der Waals surface area contributed by atoms with Crippen molar-refractivity contribution in [3.63, 3.8) is 0 Å². The summed E-state index contributed by atoms with van der Waals surface area (Å²) in [6, 6.07) is 16.7. The third-order valence-electron chi connectivity index (χ3n) is 5.76. The Balaban J connectivity index is 1.41. The molecule has 0 saturated carbocycles. The van der Waals surface area contributed by atoms with Crippen LogP contribution in [0.15, 0.2) is 78.0 Å². The lowest BCUT2D eigenvalue weighted by Gasteiger charge is -2.26. The highest BCUT2D eigenvalue weighted by Gasteiger charge is 2.16. The summed E-state index contributed by atoms with van der Waals surface area (Å²) in [5, 5.41) is 8.53. The zero-order valence-electron chi connectivity index (χ0n) is 18.6. The number of nitrogens with zero attached hydrogens (tertiary/aromatic N) is 2. The highest BCUT2D eigenvalue weighted by atomic mass is 32.2. The van der Waals surface area contributed by atoms with Gasteiger partial charge >= 0.3 is 0 Å². The van der Waals surface area contributed by atoms with Crippen LogP contribution in [-0.2, 0) is 26.0 Å². The van der Waals surface area contributed by atoms with Crippen LogP contribution in [0.2, 0.25) is 0 Å². The standard InChI is InChI=1S/C25H27N3O5S/c29-25(26-30)10-3-21-12-14-28(19-21)34(31,32)24-8-6-23(7-9-24)22-4-1-20(2-5-22)11-13-27-15-17-33-18-16-27/h1-10,12,14,19,30H,11,13,15-18H2,(H,26,29). The molecule has 1 saturated heterocycles. The van der Waals surface area contributed by atoms with Gasteiger partial charge in [0, 0.05) is 38.1 Å². The third-order valence-corrected chi connectivity index (χ3v) is 7.42. The van der Waals surface area contributed by atoms with Gasteiger partial charge in [0.2, 0.25) is 0 Å². The first-order valence-electron chi connectivity index (χ1n) is 11.0. The highest BCUT2D eigenvalue weighted by molar-refractivity contribution is 7.90. The molecular formula is C25H27N3O5S. The molecule has 9 heteroatoms. The number of carbonyl (C=O) groups excluding carboxylic acids is 1. The van der Waals surface area contributed by atoms with Crippen molar-refractivity contribution in [3.8, 4) is 11.1 Å². The van der Waals surface area contributed by atoms with E-state index >= 15 is 0 Å². The first kappa shape index (κ1) is 23.9. The van der Waals surface area contributed by atoms with Gasteiger partial charge in [-0.15, -0.1) is 0 Å². The number of ether oxygens (including phenoxy) is 1. The van der Waals surface area contributed by atoms with E-state index in [2.05, 4.69) is 29.2 Å². The molecule has 8 nitrogen and oxygen atoms in total. The summed E-state index contributed by atoms with van der Waals surface area (Å²) in [6.45, 7) is 4.58. The number of benzene rings is 2. The Kier molecular flexibility index (Phi) is 7.59. The Morgan fingerprint density at radius 1 is 1.00 bits per heavy atom. The summed E-state index contributed by atoms with van der Waals surface area (Å²) in [7, 11) is -3.77. The number of hydrogen-bond donors (Lipinski definition) is 2. The number of hydroxylamine groups is 1. The van der Waals surface area contributed by atoms with Gasteiger partial charge in [0.05, 0.1) is 18.1 Å². The van der Waals surface area contributed by atoms with Crippen molar-refractivity contribution < 1.29 is 23.2 Å². The molecule has 0 spiro atoms. The topological polar surface area (TPSA) is 101 Å². The van der Waals surface area contributed by atoms with Gasteiger partial charge in [0.15, 0.2) is 0 Å². The zero-order chi connectivity index (χ0) is 24.0. The summed E-state index contributed by atoms with van der Waals surface area (Å²) in [4.78, 5) is 13.7. The second-order valence-corrected chi connectivity index (χ2v) is 9.86. The van der Waals surface area contributed by atoms with Crippen LogP contribution in [0.3, 0.4) is 0 Å². The maximum Gasteiger partial charge on any atom is 0.267 e. The molecule has 0 bridgehead atoms. The van der Waals surface area contributed by atoms with Crippen molar-refractivity contribution in [2.75, 3.05) is 32.8 Å². The van der Waals surface area contributed by atoms with Crippen molar-refractivity contribution in [2.45, 2.75) is 11.3 Å². The first-order chi connectivity index (χ1) is 16.5. The zero-order valence-corrected chi connectivity index (χ0v) is 19.4. The number of hydrogen-bond acceptors (Lipinski definition) is 6. The van der Waals surface area contributed by atoms with E-state index < -0.39 is 15.9 Å². The minimum atomic E-state index is -3.77. The predicted molar refractivity (Wildman–Crippen MR) is 129 cm³/mol. The van der Waals surface area contributed by atoms with Crippen LogP contribution >= 0.6 is 0 Å². The monoisotopic (exact) mass is 481 g/mol. The third kappa shape index (κ3) is 5.81. The van der Waals surface area contributed by atoms with Gasteiger partial charge in [-0.1, -0.05) is 36.4 Å². The summed E-state index contributed by atoms with van der Waals surface area (Å²) in [6.07, 6.45) is 6.31. The van der Waals surface area contributed by atoms with Crippen LogP contribution < -0.4 is 5.48 Å². The number of morpholine rings is 1. The van der Waals surface area contributed by atoms with Crippen LogP contribution in [0.5, 0.6) is 0 Å².